The number of nitrogens with two attached hydrogens (primary N) is 2. The third kappa shape index (κ3) is 1.85. The molecule has 1 aromatic rings. The van der Waals surface area contributed by atoms with Gasteiger partial charge in [-0.05, 0) is 18.2 Å². The Morgan fingerprint density at radius 2 is 2.08 bits per heavy atom. The second kappa shape index (κ2) is 3.91. The van der Waals surface area contributed by atoms with Gasteiger partial charge in [-0.1, -0.05) is 0 Å². The van der Waals surface area contributed by atoms with Crippen molar-refractivity contribution in [2.45, 2.75) is 6.61 Å². The fourth-order valence-corrected chi connectivity index (χ4v) is 0.883. The van der Waals surface area contributed by atoms with Crippen molar-refractivity contribution in [2.24, 2.45) is 11.8 Å². The van der Waals surface area contributed by atoms with Crippen molar-refractivity contribution in [1.29, 1.82) is 0 Å². The van der Waals surface area contributed by atoms with Crippen molar-refractivity contribution >= 4 is 0 Å². The first-order valence-electron chi connectivity index (χ1n) is 3.28. The van der Waals surface area contributed by atoms with Crippen LogP contribution in [0.4, 0.5) is 0 Å². The fourth-order valence-electron chi connectivity index (χ4n) is 0.883. The topological polar surface area (TPSA) is 90.7 Å². The molecule has 12 heavy (non-hydrogen) atoms. The van der Waals surface area contributed by atoms with Gasteiger partial charge in [0.1, 0.15) is 5.75 Å². The number of rotatable bonds is 3. The van der Waals surface area contributed by atoms with Crippen LogP contribution in [0.15, 0.2) is 18.2 Å². The average Bonchev–Trinajstić information content (AvgIpc) is 2.05. The van der Waals surface area contributed by atoms with Crippen molar-refractivity contribution in [2.75, 3.05) is 0 Å². The average molecular weight is 170 g/mol. The van der Waals surface area contributed by atoms with Gasteiger partial charge in [-0.2, -0.15) is 5.90 Å². The fraction of sp³-hybridized carbons (Fsp3) is 0.143. The van der Waals surface area contributed by atoms with Gasteiger partial charge in [0.15, 0.2) is 5.75 Å². The summed E-state index contributed by atoms with van der Waals surface area (Å²) in [4.78, 5) is 8.88. The molecule has 0 bridgehead atoms. The molecule has 1 aromatic carbocycles. The van der Waals surface area contributed by atoms with E-state index < -0.39 is 0 Å². The first kappa shape index (κ1) is 8.79. The molecule has 5 N–H and O–H groups in total. The lowest BCUT2D eigenvalue weighted by Gasteiger charge is -2.05. The van der Waals surface area contributed by atoms with Gasteiger partial charge in [-0.15, -0.1) is 0 Å². The first-order chi connectivity index (χ1) is 5.77. The molecule has 1 rings (SSSR count). The predicted molar refractivity (Wildman–Crippen MR) is 41.9 cm³/mol. The molecule has 0 aliphatic carbocycles. The molecule has 0 saturated carbocycles. The summed E-state index contributed by atoms with van der Waals surface area (Å²) in [5.74, 6) is 10.4. The Balaban J connectivity index is 2.95. The number of benzene rings is 1. The molecule has 0 radical (unpaired) electrons. The van der Waals surface area contributed by atoms with E-state index in [1.54, 1.807) is 0 Å². The minimum Gasteiger partial charge on any atom is -0.508 e. The highest BCUT2D eigenvalue weighted by Crippen LogP contribution is 2.22. The smallest absolute Gasteiger partial charge is 0.152 e. The van der Waals surface area contributed by atoms with Crippen molar-refractivity contribution in [3.63, 3.8) is 0 Å². The summed E-state index contributed by atoms with van der Waals surface area (Å²) in [5.41, 5.74) is 0.597. The van der Waals surface area contributed by atoms with Crippen molar-refractivity contribution in [3.05, 3.63) is 23.8 Å². The highest BCUT2D eigenvalue weighted by atomic mass is 16.6. The maximum Gasteiger partial charge on any atom is 0.152 e. The zero-order valence-corrected chi connectivity index (χ0v) is 6.36. The molecular formula is C7H10N2O3. The molecule has 0 aromatic heterocycles. The van der Waals surface area contributed by atoms with Crippen molar-refractivity contribution in [1.82, 2.24) is 0 Å². The normalized spacial score (nSPS) is 9.83. The van der Waals surface area contributed by atoms with Crippen LogP contribution in [-0.4, -0.2) is 5.11 Å². The summed E-state index contributed by atoms with van der Waals surface area (Å²) in [6.45, 7) is 0.140. The third-order valence-electron chi connectivity index (χ3n) is 1.41. The van der Waals surface area contributed by atoms with Crippen LogP contribution < -0.4 is 16.6 Å². The molecule has 0 amide bonds. The van der Waals surface area contributed by atoms with Crippen LogP contribution in [-0.2, 0) is 11.4 Å². The molecule has 0 fully saturated rings. The number of hydrogen-bond donors (Lipinski definition) is 3. The first-order valence-corrected chi connectivity index (χ1v) is 3.28. The Bertz CT molecular complexity index is 265. The maximum atomic E-state index is 9.07. The van der Waals surface area contributed by atoms with E-state index in [2.05, 4.69) is 9.68 Å². The van der Waals surface area contributed by atoms with Gasteiger partial charge in [-0.25, -0.2) is 5.90 Å². The van der Waals surface area contributed by atoms with Crippen LogP contribution in [0.5, 0.6) is 11.5 Å². The summed E-state index contributed by atoms with van der Waals surface area (Å²) in [6.07, 6.45) is 0. The van der Waals surface area contributed by atoms with Crippen LogP contribution in [0.25, 0.3) is 0 Å². The predicted octanol–water partition coefficient (Wildman–Crippen LogP) is 0.0350. The van der Waals surface area contributed by atoms with Gasteiger partial charge < -0.3 is 9.94 Å². The second-order valence-electron chi connectivity index (χ2n) is 2.22. The monoisotopic (exact) mass is 170 g/mol. The molecule has 0 unspecified atom stereocenters. The Morgan fingerprint density at radius 1 is 1.33 bits per heavy atom. The number of phenolic OH excluding ortho intramolecular Hbond substituents is 1. The van der Waals surface area contributed by atoms with Crippen LogP contribution in [0.2, 0.25) is 0 Å². The Kier molecular flexibility index (Phi) is 2.87. The van der Waals surface area contributed by atoms with Crippen molar-refractivity contribution in [3.8, 4) is 11.5 Å². The van der Waals surface area contributed by atoms with E-state index in [9.17, 15) is 0 Å². The Labute approximate surface area is 69.4 Å². The minimum absolute atomic E-state index is 0.114. The SMILES string of the molecule is NOCc1cc(O)ccc1ON. The summed E-state index contributed by atoms with van der Waals surface area (Å²) < 4.78 is 0. The van der Waals surface area contributed by atoms with Gasteiger partial charge in [0.2, 0.25) is 0 Å². The Hall–Kier alpha value is -1.30. The number of hydrogen-bond acceptors (Lipinski definition) is 5. The summed E-state index contributed by atoms with van der Waals surface area (Å²) in [7, 11) is 0. The van der Waals surface area contributed by atoms with E-state index in [1.807, 2.05) is 0 Å². The van der Waals surface area contributed by atoms with Gasteiger partial charge in [0, 0.05) is 5.56 Å². The molecule has 0 spiro atoms. The zero-order chi connectivity index (χ0) is 8.97. The standard InChI is InChI=1S/C7H10N2O3/c8-11-4-5-3-6(10)1-2-7(5)12-9/h1-3,10H,4,8-9H2. The van der Waals surface area contributed by atoms with Crippen molar-refractivity contribution < 1.29 is 14.8 Å². The van der Waals surface area contributed by atoms with Gasteiger partial charge in [-0.3, -0.25) is 4.84 Å². The van der Waals surface area contributed by atoms with E-state index in [4.69, 9.17) is 16.9 Å². The Morgan fingerprint density at radius 3 is 2.67 bits per heavy atom. The van der Waals surface area contributed by atoms with Gasteiger partial charge in [0.05, 0.1) is 6.61 Å². The molecule has 0 aliphatic heterocycles. The molecule has 66 valence electrons. The van der Waals surface area contributed by atoms with E-state index in [-0.39, 0.29) is 12.4 Å². The number of phenols is 1. The largest absolute Gasteiger partial charge is 0.508 e. The van der Waals surface area contributed by atoms with Crippen LogP contribution in [0, 0.1) is 0 Å². The molecule has 5 nitrogen and oxygen atoms in total. The number of aromatic hydroxyl groups is 1. The molecule has 0 atom stereocenters. The lowest BCUT2D eigenvalue weighted by Crippen LogP contribution is -2.06. The lowest BCUT2D eigenvalue weighted by atomic mass is 10.2. The summed E-state index contributed by atoms with van der Waals surface area (Å²) in [6, 6.07) is 4.46. The van der Waals surface area contributed by atoms with Gasteiger partial charge in [0.25, 0.3) is 0 Å². The highest BCUT2D eigenvalue weighted by molar-refractivity contribution is 5.38. The van der Waals surface area contributed by atoms with E-state index in [0.717, 1.165) is 0 Å². The van der Waals surface area contributed by atoms with E-state index in [1.165, 1.54) is 18.2 Å². The molecule has 0 saturated heterocycles. The zero-order valence-electron chi connectivity index (χ0n) is 6.36. The van der Waals surface area contributed by atoms with E-state index in [0.29, 0.717) is 11.3 Å². The molecule has 5 heteroatoms. The van der Waals surface area contributed by atoms with Crippen LogP contribution >= 0.6 is 0 Å². The summed E-state index contributed by atoms with van der Waals surface area (Å²) >= 11 is 0. The van der Waals surface area contributed by atoms with Gasteiger partial charge >= 0.3 is 0 Å². The molecule has 0 aliphatic rings. The lowest BCUT2D eigenvalue weighted by molar-refractivity contribution is 0.121. The van der Waals surface area contributed by atoms with E-state index >= 15 is 0 Å². The van der Waals surface area contributed by atoms with Crippen LogP contribution in [0.3, 0.4) is 0 Å². The highest BCUT2D eigenvalue weighted by Gasteiger charge is 2.03. The minimum atomic E-state index is 0.114. The summed E-state index contributed by atoms with van der Waals surface area (Å²) in [5, 5.41) is 9.07. The quantitative estimate of drug-likeness (QED) is 0.557. The second-order valence-corrected chi connectivity index (χ2v) is 2.22. The van der Waals surface area contributed by atoms with Crippen LogP contribution in [0.1, 0.15) is 5.56 Å². The third-order valence-corrected chi connectivity index (χ3v) is 1.41. The maximum absolute atomic E-state index is 9.07. The molecular weight excluding hydrogens is 160 g/mol. The molecule has 0 heterocycles.